The van der Waals surface area contributed by atoms with Crippen molar-refractivity contribution in [2.24, 2.45) is 5.73 Å². The van der Waals surface area contributed by atoms with E-state index in [4.69, 9.17) is 15.6 Å². The molecule has 0 aromatic rings. The van der Waals surface area contributed by atoms with Crippen LogP contribution in [-0.4, -0.2) is 57.2 Å². The zero-order chi connectivity index (χ0) is 18.5. The van der Waals surface area contributed by atoms with Gasteiger partial charge in [-0.25, -0.2) is 4.79 Å². The maximum absolute atomic E-state index is 11.9. The topological polar surface area (TPSA) is 125 Å². The molecule has 1 rings (SSSR count). The number of hydrogen-bond donors (Lipinski definition) is 4. The smallest absolute Gasteiger partial charge is 0.407 e. The van der Waals surface area contributed by atoms with Gasteiger partial charge in [0.1, 0.15) is 12.1 Å². The van der Waals surface area contributed by atoms with Crippen LogP contribution in [0.1, 0.15) is 59.8 Å². The fraction of sp³-hybridized carbons (Fsp3) is 0.875. The van der Waals surface area contributed by atoms with E-state index in [0.717, 1.165) is 0 Å². The zero-order valence-electron chi connectivity index (χ0n) is 15.0. The number of aliphatic carboxylic acids is 1. The van der Waals surface area contributed by atoms with Crippen LogP contribution in [-0.2, 0) is 9.53 Å². The third kappa shape index (κ3) is 5.92. The number of nitrogens with one attached hydrogen (secondary N) is 1. The van der Waals surface area contributed by atoms with Gasteiger partial charge in [-0.3, -0.25) is 4.79 Å². The highest BCUT2D eigenvalue weighted by molar-refractivity contribution is 5.72. The zero-order valence-corrected chi connectivity index (χ0v) is 15.0. The normalized spacial score (nSPS) is 21.9. The van der Waals surface area contributed by atoms with E-state index in [9.17, 15) is 14.8 Å². The van der Waals surface area contributed by atoms with Gasteiger partial charge >= 0.3 is 12.1 Å². The molecule has 8 nitrogen and oxygen atoms in total. The number of nitrogens with two attached hydrogens (primary N) is 1. The SMILES string of the molecule is CC1(C)CC(OC(=O)NCCCC[C@H](N)C(=O)O)CC(C)(C)N1O. The minimum absolute atomic E-state index is 0.265. The second-order valence-electron chi connectivity index (χ2n) is 7.74. The van der Waals surface area contributed by atoms with Crippen LogP contribution < -0.4 is 11.1 Å². The Hall–Kier alpha value is -1.38. The average Bonchev–Trinajstić information content (AvgIpc) is 2.43. The van der Waals surface area contributed by atoms with E-state index in [0.29, 0.717) is 38.6 Å². The highest BCUT2D eigenvalue weighted by Gasteiger charge is 2.46. The first-order valence-electron chi connectivity index (χ1n) is 8.38. The fourth-order valence-corrected chi connectivity index (χ4v) is 3.26. The van der Waals surface area contributed by atoms with E-state index in [2.05, 4.69) is 5.32 Å². The van der Waals surface area contributed by atoms with E-state index in [1.54, 1.807) is 0 Å². The van der Waals surface area contributed by atoms with E-state index in [1.165, 1.54) is 5.06 Å². The van der Waals surface area contributed by atoms with Crippen LogP contribution in [0.3, 0.4) is 0 Å². The quantitative estimate of drug-likeness (QED) is 0.518. The lowest BCUT2D eigenvalue weighted by atomic mass is 9.80. The maximum atomic E-state index is 11.9. The molecule has 5 N–H and O–H groups in total. The Morgan fingerprint density at radius 2 is 1.79 bits per heavy atom. The molecule has 1 aliphatic rings. The summed E-state index contributed by atoms with van der Waals surface area (Å²) in [5.74, 6) is -1.01. The number of rotatable bonds is 7. The van der Waals surface area contributed by atoms with Crippen LogP contribution in [0.2, 0.25) is 0 Å². The van der Waals surface area contributed by atoms with Crippen LogP contribution in [0.4, 0.5) is 4.79 Å². The minimum atomic E-state index is -1.01. The van der Waals surface area contributed by atoms with Gasteiger partial charge in [-0.1, -0.05) is 0 Å². The summed E-state index contributed by atoms with van der Waals surface area (Å²) in [5.41, 5.74) is 4.46. The molecule has 0 saturated carbocycles. The first kappa shape index (κ1) is 20.7. The number of carbonyl (C=O) groups excluding carboxylic acids is 1. The lowest BCUT2D eigenvalue weighted by molar-refractivity contribution is -0.256. The summed E-state index contributed by atoms with van der Waals surface area (Å²) >= 11 is 0. The van der Waals surface area contributed by atoms with Crippen molar-refractivity contribution in [1.82, 2.24) is 10.4 Å². The average molecular weight is 345 g/mol. The van der Waals surface area contributed by atoms with Crippen molar-refractivity contribution < 1.29 is 24.6 Å². The highest BCUT2D eigenvalue weighted by atomic mass is 16.6. The number of hydrogen-bond acceptors (Lipinski definition) is 6. The van der Waals surface area contributed by atoms with Crippen LogP contribution in [0.15, 0.2) is 0 Å². The van der Waals surface area contributed by atoms with E-state index >= 15 is 0 Å². The summed E-state index contributed by atoms with van der Waals surface area (Å²) in [5, 5.41) is 22.9. The molecule has 1 aliphatic heterocycles. The van der Waals surface area contributed by atoms with Gasteiger partial charge in [0.15, 0.2) is 0 Å². The van der Waals surface area contributed by atoms with Gasteiger partial charge < -0.3 is 26.1 Å². The third-order valence-electron chi connectivity index (χ3n) is 4.40. The molecule has 24 heavy (non-hydrogen) atoms. The lowest BCUT2D eigenvalue weighted by Crippen LogP contribution is -2.60. The summed E-state index contributed by atoms with van der Waals surface area (Å²) < 4.78 is 5.47. The number of carboxylic acids is 1. The maximum Gasteiger partial charge on any atom is 0.407 e. The Bertz CT molecular complexity index is 435. The van der Waals surface area contributed by atoms with Gasteiger partial charge in [0.2, 0.25) is 0 Å². The van der Waals surface area contributed by atoms with Crippen LogP contribution >= 0.6 is 0 Å². The van der Waals surface area contributed by atoms with Crippen molar-refractivity contribution in [2.75, 3.05) is 6.54 Å². The molecule has 0 bridgehead atoms. The molecule has 0 aromatic heterocycles. The molecule has 1 atom stereocenters. The number of ether oxygens (including phenoxy) is 1. The molecule has 0 unspecified atom stereocenters. The van der Waals surface area contributed by atoms with E-state index in [1.807, 2.05) is 27.7 Å². The molecule has 1 heterocycles. The summed E-state index contributed by atoms with van der Waals surface area (Å²) in [7, 11) is 0. The Kier molecular flexibility index (Phi) is 7.00. The fourth-order valence-electron chi connectivity index (χ4n) is 3.26. The van der Waals surface area contributed by atoms with Crippen LogP contribution in [0.5, 0.6) is 0 Å². The number of carboxylic acid groups (broad SMARTS) is 1. The Balaban J connectivity index is 2.31. The molecule has 1 amide bonds. The van der Waals surface area contributed by atoms with Gasteiger partial charge in [-0.05, 0) is 47.0 Å². The van der Waals surface area contributed by atoms with Crippen LogP contribution in [0.25, 0.3) is 0 Å². The first-order chi connectivity index (χ1) is 11.0. The second-order valence-corrected chi connectivity index (χ2v) is 7.74. The number of unbranched alkanes of at least 4 members (excludes halogenated alkanes) is 1. The summed E-state index contributed by atoms with van der Waals surface area (Å²) in [6.07, 6.45) is 1.99. The molecule has 0 aliphatic carbocycles. The van der Waals surface area contributed by atoms with E-state index in [-0.39, 0.29) is 6.10 Å². The van der Waals surface area contributed by atoms with Gasteiger partial charge in [0.05, 0.1) is 0 Å². The van der Waals surface area contributed by atoms with Gasteiger partial charge in [0, 0.05) is 30.5 Å². The minimum Gasteiger partial charge on any atom is -0.480 e. The number of nitrogens with zero attached hydrogens (tertiary/aromatic N) is 1. The van der Waals surface area contributed by atoms with Crippen molar-refractivity contribution in [3.8, 4) is 0 Å². The largest absolute Gasteiger partial charge is 0.480 e. The van der Waals surface area contributed by atoms with Gasteiger partial charge in [-0.15, -0.1) is 0 Å². The van der Waals surface area contributed by atoms with Gasteiger partial charge in [0.25, 0.3) is 0 Å². The van der Waals surface area contributed by atoms with Crippen molar-refractivity contribution in [2.45, 2.75) is 83.0 Å². The summed E-state index contributed by atoms with van der Waals surface area (Å²) in [4.78, 5) is 22.5. The molecule has 0 spiro atoms. The Morgan fingerprint density at radius 1 is 1.25 bits per heavy atom. The number of carbonyl (C=O) groups is 2. The van der Waals surface area contributed by atoms with Crippen molar-refractivity contribution in [3.05, 3.63) is 0 Å². The standard InChI is InChI=1S/C16H31N3O5/c1-15(2)9-11(10-16(3,4)19(15)23)24-14(22)18-8-6-5-7-12(17)13(20)21/h11-12,23H,5-10,17H2,1-4H3,(H,18,22)(H,20,21)/t12-/m0/s1. The molecule has 1 fully saturated rings. The molecule has 0 aromatic carbocycles. The molecule has 1 saturated heterocycles. The number of hydroxylamine groups is 2. The monoisotopic (exact) mass is 345 g/mol. The lowest BCUT2D eigenvalue weighted by Gasteiger charge is -2.50. The van der Waals surface area contributed by atoms with Gasteiger partial charge in [-0.2, -0.15) is 5.06 Å². The van der Waals surface area contributed by atoms with Crippen LogP contribution in [0, 0.1) is 0 Å². The number of amides is 1. The van der Waals surface area contributed by atoms with Crippen molar-refractivity contribution in [3.63, 3.8) is 0 Å². The first-order valence-corrected chi connectivity index (χ1v) is 8.38. The van der Waals surface area contributed by atoms with E-state index < -0.39 is 29.2 Å². The predicted octanol–water partition coefficient (Wildman–Crippen LogP) is 1.71. The second kappa shape index (κ2) is 8.13. The predicted molar refractivity (Wildman–Crippen MR) is 88.8 cm³/mol. The summed E-state index contributed by atoms with van der Waals surface area (Å²) in [6, 6.07) is -0.856. The van der Waals surface area contributed by atoms with Crippen molar-refractivity contribution >= 4 is 12.1 Å². The molecule has 140 valence electrons. The molecular formula is C16H31N3O5. The summed E-state index contributed by atoms with van der Waals surface area (Å²) in [6.45, 7) is 8.06. The Labute approximate surface area is 143 Å². The number of alkyl carbamates (subject to hydrolysis) is 1. The number of piperidine rings is 1. The molecule has 0 radical (unpaired) electrons. The molecule has 8 heteroatoms. The Morgan fingerprint density at radius 3 is 2.29 bits per heavy atom. The highest BCUT2D eigenvalue weighted by Crippen LogP contribution is 2.37. The molecular weight excluding hydrogens is 314 g/mol. The van der Waals surface area contributed by atoms with Crippen molar-refractivity contribution in [1.29, 1.82) is 0 Å². The third-order valence-corrected chi connectivity index (χ3v) is 4.40.